The molecule has 6 nitrogen and oxygen atoms in total. The summed E-state index contributed by atoms with van der Waals surface area (Å²) in [5.74, 6) is 0.187. The molecule has 0 heterocycles. The van der Waals surface area contributed by atoms with Crippen LogP contribution in [0.3, 0.4) is 0 Å². The van der Waals surface area contributed by atoms with Gasteiger partial charge in [0.25, 0.3) is 0 Å². The van der Waals surface area contributed by atoms with Crippen LogP contribution in [0.15, 0.2) is 58.1 Å². The van der Waals surface area contributed by atoms with Crippen molar-refractivity contribution in [2.75, 3.05) is 11.9 Å². The van der Waals surface area contributed by atoms with E-state index in [1.165, 1.54) is 0 Å². The van der Waals surface area contributed by atoms with Gasteiger partial charge in [0, 0.05) is 23.0 Å². The van der Waals surface area contributed by atoms with Gasteiger partial charge in [-0.1, -0.05) is 28.1 Å². The van der Waals surface area contributed by atoms with Crippen molar-refractivity contribution in [2.24, 2.45) is 5.10 Å². The molecule has 2 N–H and O–H groups in total. The number of ether oxygens (including phenoxy) is 1. The molecular formula is C19H20BrN3O3. The highest BCUT2D eigenvalue weighted by molar-refractivity contribution is 9.10. The molecule has 0 spiro atoms. The third-order valence-electron chi connectivity index (χ3n) is 3.28. The van der Waals surface area contributed by atoms with Crippen molar-refractivity contribution < 1.29 is 14.3 Å². The van der Waals surface area contributed by atoms with Gasteiger partial charge in [-0.3, -0.25) is 9.59 Å². The van der Waals surface area contributed by atoms with Crippen LogP contribution in [-0.4, -0.2) is 24.6 Å². The number of nitrogens with one attached hydrogen (secondary N) is 2. The molecule has 0 aliphatic carbocycles. The third kappa shape index (κ3) is 7.06. The number of halogens is 1. The number of rotatable bonds is 8. The van der Waals surface area contributed by atoms with Crippen molar-refractivity contribution in [3.63, 3.8) is 0 Å². The number of amides is 2. The molecule has 0 radical (unpaired) electrons. The standard InChI is InChI=1S/C19H20BrN3O3/c1-2-26-17-8-6-16(7-9-17)22-18(24)10-11-19(25)23-21-13-14-4-3-5-15(20)12-14/h3-9,12-13H,2,10-11H2,1H3,(H,22,24)(H,23,25)/b21-13+. The Kier molecular flexibility index (Phi) is 7.82. The lowest BCUT2D eigenvalue weighted by Crippen LogP contribution is -2.20. The smallest absolute Gasteiger partial charge is 0.240 e. The average Bonchev–Trinajstić information content (AvgIpc) is 2.62. The second kappa shape index (κ2) is 10.4. The zero-order valence-electron chi connectivity index (χ0n) is 14.4. The number of anilines is 1. The number of hydrogen-bond acceptors (Lipinski definition) is 4. The Labute approximate surface area is 160 Å². The first kappa shape index (κ1) is 19.7. The Morgan fingerprint density at radius 2 is 1.85 bits per heavy atom. The van der Waals surface area contributed by atoms with E-state index in [0.717, 1.165) is 15.8 Å². The van der Waals surface area contributed by atoms with Crippen LogP contribution in [-0.2, 0) is 9.59 Å². The van der Waals surface area contributed by atoms with Gasteiger partial charge < -0.3 is 10.1 Å². The fourth-order valence-corrected chi connectivity index (χ4v) is 2.49. The highest BCUT2D eigenvalue weighted by Gasteiger charge is 2.07. The van der Waals surface area contributed by atoms with E-state index in [0.29, 0.717) is 12.3 Å². The fraction of sp³-hybridized carbons (Fsp3) is 0.211. The molecule has 2 aromatic carbocycles. The van der Waals surface area contributed by atoms with Crippen molar-refractivity contribution in [3.8, 4) is 5.75 Å². The zero-order valence-corrected chi connectivity index (χ0v) is 16.0. The van der Waals surface area contributed by atoms with Gasteiger partial charge in [0.05, 0.1) is 12.8 Å². The van der Waals surface area contributed by atoms with Gasteiger partial charge in [-0.15, -0.1) is 0 Å². The van der Waals surface area contributed by atoms with E-state index in [4.69, 9.17) is 4.74 Å². The van der Waals surface area contributed by atoms with Crippen LogP contribution in [0.4, 0.5) is 5.69 Å². The summed E-state index contributed by atoms with van der Waals surface area (Å²) < 4.78 is 6.27. The number of carbonyl (C=O) groups excluding carboxylic acids is 2. The van der Waals surface area contributed by atoms with E-state index < -0.39 is 0 Å². The van der Waals surface area contributed by atoms with Crippen molar-refractivity contribution in [2.45, 2.75) is 19.8 Å². The van der Waals surface area contributed by atoms with Crippen molar-refractivity contribution in [1.82, 2.24) is 5.43 Å². The Bertz CT molecular complexity index is 776. The second-order valence-corrected chi connectivity index (χ2v) is 6.27. The van der Waals surface area contributed by atoms with Gasteiger partial charge in [0.15, 0.2) is 0 Å². The minimum absolute atomic E-state index is 0.0543. The molecule has 0 saturated heterocycles. The summed E-state index contributed by atoms with van der Waals surface area (Å²) in [7, 11) is 0. The van der Waals surface area contributed by atoms with Crippen molar-refractivity contribution in [3.05, 3.63) is 58.6 Å². The van der Waals surface area contributed by atoms with Gasteiger partial charge in [-0.25, -0.2) is 5.43 Å². The monoisotopic (exact) mass is 417 g/mol. The van der Waals surface area contributed by atoms with Gasteiger partial charge in [-0.05, 0) is 48.9 Å². The molecule has 0 atom stereocenters. The van der Waals surface area contributed by atoms with E-state index in [-0.39, 0.29) is 24.7 Å². The van der Waals surface area contributed by atoms with Gasteiger partial charge in [-0.2, -0.15) is 5.10 Å². The summed E-state index contributed by atoms with van der Waals surface area (Å²) in [6, 6.07) is 14.6. The van der Waals surface area contributed by atoms with Crippen molar-refractivity contribution in [1.29, 1.82) is 0 Å². The predicted octanol–water partition coefficient (Wildman–Crippen LogP) is 3.72. The summed E-state index contributed by atoms with van der Waals surface area (Å²) in [6.07, 6.45) is 1.67. The summed E-state index contributed by atoms with van der Waals surface area (Å²) >= 11 is 3.36. The highest BCUT2D eigenvalue weighted by Crippen LogP contribution is 2.15. The number of carbonyl (C=O) groups is 2. The molecule has 0 aliphatic rings. The van der Waals surface area contributed by atoms with Crippen LogP contribution in [0.5, 0.6) is 5.75 Å². The first-order chi connectivity index (χ1) is 12.6. The Balaban J connectivity index is 1.71. The molecule has 2 rings (SSSR count). The number of hydrazone groups is 1. The molecule has 0 fully saturated rings. The maximum Gasteiger partial charge on any atom is 0.240 e. The number of hydrogen-bond donors (Lipinski definition) is 2. The zero-order chi connectivity index (χ0) is 18.8. The molecule has 0 bridgehead atoms. The van der Waals surface area contributed by atoms with E-state index in [2.05, 4.69) is 31.8 Å². The van der Waals surface area contributed by atoms with Gasteiger partial charge in [0.2, 0.25) is 11.8 Å². The third-order valence-corrected chi connectivity index (χ3v) is 3.77. The SMILES string of the molecule is CCOc1ccc(NC(=O)CCC(=O)N/N=C/c2cccc(Br)c2)cc1. The highest BCUT2D eigenvalue weighted by atomic mass is 79.9. The largest absolute Gasteiger partial charge is 0.494 e. The molecule has 0 unspecified atom stereocenters. The van der Waals surface area contributed by atoms with Crippen LogP contribution >= 0.6 is 15.9 Å². The second-order valence-electron chi connectivity index (χ2n) is 5.35. The van der Waals surface area contributed by atoms with E-state index >= 15 is 0 Å². The molecule has 0 saturated carbocycles. The number of benzene rings is 2. The van der Waals surface area contributed by atoms with E-state index in [1.54, 1.807) is 30.5 Å². The van der Waals surface area contributed by atoms with Crippen LogP contribution in [0.2, 0.25) is 0 Å². The maximum absolute atomic E-state index is 11.9. The normalized spacial score (nSPS) is 10.5. The Morgan fingerprint density at radius 3 is 2.54 bits per heavy atom. The predicted molar refractivity (Wildman–Crippen MR) is 105 cm³/mol. The van der Waals surface area contributed by atoms with Crippen LogP contribution in [0.1, 0.15) is 25.3 Å². The molecule has 136 valence electrons. The summed E-state index contributed by atoms with van der Waals surface area (Å²) in [5, 5.41) is 6.62. The Hall–Kier alpha value is -2.67. The first-order valence-corrected chi connectivity index (χ1v) is 8.96. The topological polar surface area (TPSA) is 79.8 Å². The minimum atomic E-state index is -0.321. The lowest BCUT2D eigenvalue weighted by Gasteiger charge is -2.07. The molecule has 26 heavy (non-hydrogen) atoms. The Morgan fingerprint density at radius 1 is 1.12 bits per heavy atom. The molecular weight excluding hydrogens is 398 g/mol. The minimum Gasteiger partial charge on any atom is -0.494 e. The van der Waals surface area contributed by atoms with Gasteiger partial charge in [0.1, 0.15) is 5.75 Å². The van der Waals surface area contributed by atoms with Gasteiger partial charge >= 0.3 is 0 Å². The lowest BCUT2D eigenvalue weighted by atomic mass is 10.2. The summed E-state index contributed by atoms with van der Waals surface area (Å²) in [4.78, 5) is 23.6. The number of nitrogens with zero attached hydrogens (tertiary/aromatic N) is 1. The summed E-state index contributed by atoms with van der Waals surface area (Å²) in [6.45, 7) is 2.49. The molecule has 0 aromatic heterocycles. The quantitative estimate of drug-likeness (QED) is 0.507. The fourth-order valence-electron chi connectivity index (χ4n) is 2.07. The lowest BCUT2D eigenvalue weighted by molar-refractivity contribution is -0.124. The molecule has 7 heteroatoms. The average molecular weight is 418 g/mol. The first-order valence-electron chi connectivity index (χ1n) is 8.17. The van der Waals surface area contributed by atoms with Crippen LogP contribution < -0.4 is 15.5 Å². The molecule has 2 aromatic rings. The summed E-state index contributed by atoms with van der Waals surface area (Å²) in [5.41, 5.74) is 3.92. The molecule has 2 amide bonds. The maximum atomic E-state index is 11.9. The van der Waals surface area contributed by atoms with Crippen LogP contribution in [0, 0.1) is 0 Å². The van der Waals surface area contributed by atoms with Crippen LogP contribution in [0.25, 0.3) is 0 Å². The van der Waals surface area contributed by atoms with E-state index in [1.807, 2.05) is 31.2 Å². The van der Waals surface area contributed by atoms with Crippen molar-refractivity contribution >= 4 is 39.6 Å². The van der Waals surface area contributed by atoms with E-state index in [9.17, 15) is 9.59 Å². The molecule has 0 aliphatic heterocycles.